The molecule has 0 saturated carbocycles. The highest BCUT2D eigenvalue weighted by Gasteiger charge is 2.16. The van der Waals surface area contributed by atoms with Crippen LogP contribution in [0.4, 0.5) is 10.5 Å². The van der Waals surface area contributed by atoms with E-state index in [-0.39, 0.29) is 22.7 Å². The lowest BCUT2D eigenvalue weighted by molar-refractivity contribution is 0.249. The number of hydrogen-bond acceptors (Lipinski definition) is 4. The van der Waals surface area contributed by atoms with Crippen molar-refractivity contribution in [3.63, 3.8) is 0 Å². The molecule has 1 aromatic heterocycles. The molecule has 144 valence electrons. The van der Waals surface area contributed by atoms with E-state index < -0.39 is 9.84 Å². The van der Waals surface area contributed by atoms with Crippen LogP contribution in [0.5, 0.6) is 0 Å². The Morgan fingerprint density at radius 2 is 1.61 bits per heavy atom. The molecule has 7 heteroatoms. The van der Waals surface area contributed by atoms with E-state index in [0.717, 1.165) is 5.56 Å². The Morgan fingerprint density at radius 1 is 0.964 bits per heavy atom. The normalized spacial score (nSPS) is 12.2. The van der Waals surface area contributed by atoms with Crippen LogP contribution in [-0.2, 0) is 15.6 Å². The number of nitrogens with one attached hydrogen (secondary N) is 2. The number of pyridine rings is 1. The number of aromatic nitrogens is 1. The summed E-state index contributed by atoms with van der Waals surface area (Å²) in [6.07, 6.45) is 3.12. The summed E-state index contributed by atoms with van der Waals surface area (Å²) in [5, 5.41) is 5.57. The van der Waals surface area contributed by atoms with Gasteiger partial charge in [0.1, 0.15) is 0 Å². The van der Waals surface area contributed by atoms with Gasteiger partial charge >= 0.3 is 6.03 Å². The lowest BCUT2D eigenvalue weighted by Gasteiger charge is -2.15. The summed E-state index contributed by atoms with van der Waals surface area (Å²) < 4.78 is 25.0. The van der Waals surface area contributed by atoms with Crippen LogP contribution < -0.4 is 10.6 Å². The first kappa shape index (κ1) is 19.6. The molecule has 3 aromatic rings. The molecule has 0 aliphatic heterocycles. The summed E-state index contributed by atoms with van der Waals surface area (Å²) in [5.74, 6) is -0.0998. The van der Waals surface area contributed by atoms with Crippen LogP contribution in [0.15, 0.2) is 84.0 Å². The van der Waals surface area contributed by atoms with Crippen LogP contribution in [-0.4, -0.2) is 19.4 Å². The van der Waals surface area contributed by atoms with Gasteiger partial charge in [-0.15, -0.1) is 0 Å². The van der Waals surface area contributed by atoms with E-state index in [2.05, 4.69) is 15.6 Å². The van der Waals surface area contributed by atoms with Crippen molar-refractivity contribution in [1.29, 1.82) is 0 Å². The van der Waals surface area contributed by atoms with Gasteiger partial charge in [-0.3, -0.25) is 4.98 Å². The average molecular weight is 395 g/mol. The summed E-state index contributed by atoms with van der Waals surface area (Å²) in [7, 11) is -3.47. The maximum Gasteiger partial charge on any atom is 0.319 e. The van der Waals surface area contributed by atoms with Gasteiger partial charge in [-0.25, -0.2) is 13.2 Å². The fourth-order valence-electron chi connectivity index (χ4n) is 2.72. The number of carbonyl (C=O) groups excluding carboxylic acids is 1. The molecule has 2 aromatic carbocycles. The molecule has 0 aliphatic carbocycles. The van der Waals surface area contributed by atoms with Crippen LogP contribution >= 0.6 is 0 Å². The second-order valence-electron chi connectivity index (χ2n) is 6.37. The number of benzene rings is 2. The standard InChI is InChI=1S/C21H21N3O3S/c1-16(18-5-3-2-4-6-18)23-21(25)24-19-7-9-20(10-8-19)28(26,27)15-17-11-13-22-14-12-17/h2-14,16H,15H2,1H3,(H2,23,24,25). The SMILES string of the molecule is CC(NC(=O)Nc1ccc(S(=O)(=O)Cc2ccncc2)cc1)c1ccccc1. The Balaban J connectivity index is 1.61. The molecule has 2 amide bonds. The number of sulfone groups is 1. The van der Waals surface area contributed by atoms with Crippen molar-refractivity contribution in [3.8, 4) is 0 Å². The highest BCUT2D eigenvalue weighted by atomic mass is 32.2. The van der Waals surface area contributed by atoms with E-state index in [4.69, 9.17) is 0 Å². The van der Waals surface area contributed by atoms with E-state index in [1.165, 1.54) is 12.1 Å². The first-order valence-electron chi connectivity index (χ1n) is 8.78. The smallest absolute Gasteiger partial charge is 0.319 e. The summed E-state index contributed by atoms with van der Waals surface area (Å²) in [5.41, 5.74) is 2.18. The van der Waals surface area contributed by atoms with Crippen LogP contribution in [0.2, 0.25) is 0 Å². The first-order chi connectivity index (χ1) is 13.4. The van der Waals surface area contributed by atoms with Gasteiger partial charge in [-0.05, 0) is 54.4 Å². The minimum Gasteiger partial charge on any atom is -0.331 e. The van der Waals surface area contributed by atoms with Crippen molar-refractivity contribution < 1.29 is 13.2 Å². The number of urea groups is 1. The van der Waals surface area contributed by atoms with Gasteiger partial charge in [0.15, 0.2) is 9.84 Å². The largest absolute Gasteiger partial charge is 0.331 e. The molecule has 0 spiro atoms. The number of rotatable bonds is 6. The van der Waals surface area contributed by atoms with Crippen molar-refractivity contribution in [2.45, 2.75) is 23.6 Å². The molecule has 0 aliphatic rings. The van der Waals surface area contributed by atoms with Crippen molar-refractivity contribution in [3.05, 3.63) is 90.3 Å². The number of hydrogen-bond donors (Lipinski definition) is 2. The summed E-state index contributed by atoms with van der Waals surface area (Å²) >= 11 is 0. The minimum absolute atomic E-state index is 0.0998. The van der Waals surface area contributed by atoms with Crippen LogP contribution in [0.1, 0.15) is 24.1 Å². The van der Waals surface area contributed by atoms with Crippen molar-refractivity contribution in [1.82, 2.24) is 10.3 Å². The Kier molecular flexibility index (Phi) is 6.06. The molecule has 28 heavy (non-hydrogen) atoms. The maximum absolute atomic E-state index is 12.5. The van der Waals surface area contributed by atoms with Crippen LogP contribution in [0.3, 0.4) is 0 Å². The average Bonchev–Trinajstić information content (AvgIpc) is 2.69. The zero-order chi connectivity index (χ0) is 20.0. The fourth-order valence-corrected chi connectivity index (χ4v) is 4.06. The van der Waals surface area contributed by atoms with Crippen molar-refractivity contribution >= 4 is 21.6 Å². The molecule has 0 bridgehead atoms. The van der Waals surface area contributed by atoms with Gasteiger partial charge in [0, 0.05) is 18.1 Å². The van der Waals surface area contributed by atoms with Gasteiger partial charge in [0.25, 0.3) is 0 Å². The second kappa shape index (κ2) is 8.67. The zero-order valence-electron chi connectivity index (χ0n) is 15.4. The predicted octanol–water partition coefficient (Wildman–Crippen LogP) is 3.94. The van der Waals surface area contributed by atoms with Gasteiger partial charge in [-0.1, -0.05) is 30.3 Å². The Morgan fingerprint density at radius 3 is 2.25 bits per heavy atom. The molecule has 1 heterocycles. The monoisotopic (exact) mass is 395 g/mol. The lowest BCUT2D eigenvalue weighted by atomic mass is 10.1. The van der Waals surface area contributed by atoms with Gasteiger partial charge in [0.2, 0.25) is 0 Å². The van der Waals surface area contributed by atoms with Gasteiger partial charge < -0.3 is 10.6 Å². The topological polar surface area (TPSA) is 88.2 Å². The molecule has 0 fully saturated rings. The summed E-state index contributed by atoms with van der Waals surface area (Å²) in [6, 6.07) is 18.6. The quantitative estimate of drug-likeness (QED) is 0.662. The molecule has 1 atom stereocenters. The van der Waals surface area contributed by atoms with Crippen molar-refractivity contribution in [2.75, 3.05) is 5.32 Å². The van der Waals surface area contributed by atoms with E-state index >= 15 is 0 Å². The van der Waals surface area contributed by atoms with Crippen LogP contribution in [0.25, 0.3) is 0 Å². The third-order valence-electron chi connectivity index (χ3n) is 4.22. The maximum atomic E-state index is 12.5. The second-order valence-corrected chi connectivity index (χ2v) is 8.36. The molecule has 0 saturated heterocycles. The minimum atomic E-state index is -3.47. The number of anilines is 1. The third kappa shape index (κ3) is 5.17. The Hall–Kier alpha value is -3.19. The van der Waals surface area contributed by atoms with E-state index in [1.54, 1.807) is 36.7 Å². The Labute approximate surface area is 164 Å². The molecular weight excluding hydrogens is 374 g/mol. The molecule has 1 unspecified atom stereocenters. The third-order valence-corrected chi connectivity index (χ3v) is 5.93. The van der Waals surface area contributed by atoms with Crippen LogP contribution in [0, 0.1) is 0 Å². The van der Waals surface area contributed by atoms with Gasteiger partial charge in [-0.2, -0.15) is 0 Å². The van der Waals surface area contributed by atoms with Gasteiger partial charge in [0.05, 0.1) is 16.7 Å². The molecule has 2 N–H and O–H groups in total. The molecule has 3 rings (SSSR count). The summed E-state index contributed by atoms with van der Waals surface area (Å²) in [4.78, 5) is 16.3. The molecule has 0 radical (unpaired) electrons. The zero-order valence-corrected chi connectivity index (χ0v) is 16.2. The van der Waals surface area contributed by atoms with E-state index in [1.807, 2.05) is 37.3 Å². The predicted molar refractivity (Wildman–Crippen MR) is 109 cm³/mol. The highest BCUT2D eigenvalue weighted by Crippen LogP contribution is 2.19. The summed E-state index contributed by atoms with van der Waals surface area (Å²) in [6.45, 7) is 1.89. The first-order valence-corrected chi connectivity index (χ1v) is 10.4. The number of nitrogens with zero attached hydrogens (tertiary/aromatic N) is 1. The Bertz CT molecular complexity index is 1020. The number of carbonyl (C=O) groups is 1. The fraction of sp³-hybridized carbons (Fsp3) is 0.143. The number of amides is 2. The lowest BCUT2D eigenvalue weighted by Crippen LogP contribution is -2.31. The van der Waals surface area contributed by atoms with E-state index in [9.17, 15) is 13.2 Å². The molecule has 6 nitrogen and oxygen atoms in total. The highest BCUT2D eigenvalue weighted by molar-refractivity contribution is 7.90. The molecular formula is C21H21N3O3S. The van der Waals surface area contributed by atoms with E-state index in [0.29, 0.717) is 11.3 Å². The van der Waals surface area contributed by atoms with Crippen molar-refractivity contribution in [2.24, 2.45) is 0 Å².